The van der Waals surface area contributed by atoms with E-state index in [1.807, 2.05) is 0 Å². The Bertz CT molecular complexity index is 880. The van der Waals surface area contributed by atoms with Gasteiger partial charge in [-0.3, -0.25) is 4.21 Å². The number of amidine groups is 1. The second-order valence-corrected chi connectivity index (χ2v) is 7.87. The average Bonchev–Trinajstić information content (AvgIpc) is 2.53. The maximum absolute atomic E-state index is 14.4. The zero-order chi connectivity index (χ0) is 20.4. The SMILES string of the molecule is Cc1cc(F)c(N=C(c2ccc(Cl)cc2)N(C)C)cc1S(=O)CC(F)(F)F. The largest absolute Gasteiger partial charge is 0.400 e. The van der Waals surface area contributed by atoms with Crippen molar-refractivity contribution in [3.05, 3.63) is 58.4 Å². The third-order valence-corrected chi connectivity index (χ3v) is 5.31. The van der Waals surface area contributed by atoms with Crippen LogP contribution in [0.2, 0.25) is 5.02 Å². The van der Waals surface area contributed by atoms with Crippen LogP contribution in [-0.4, -0.2) is 41.0 Å². The van der Waals surface area contributed by atoms with E-state index in [-0.39, 0.29) is 16.1 Å². The molecular formula is C18H17ClF4N2OS. The van der Waals surface area contributed by atoms with Gasteiger partial charge in [-0.05, 0) is 48.9 Å². The van der Waals surface area contributed by atoms with E-state index in [4.69, 9.17) is 11.6 Å². The number of hydrogen-bond donors (Lipinski definition) is 0. The van der Waals surface area contributed by atoms with E-state index < -0.39 is 28.5 Å². The fraction of sp³-hybridized carbons (Fsp3) is 0.278. The van der Waals surface area contributed by atoms with Crippen LogP contribution in [-0.2, 0) is 10.8 Å². The summed E-state index contributed by atoms with van der Waals surface area (Å²) in [4.78, 5) is 5.79. The number of nitrogens with zero attached hydrogens (tertiary/aromatic N) is 2. The Hall–Kier alpha value is -1.93. The van der Waals surface area contributed by atoms with Gasteiger partial charge in [0, 0.05) is 29.6 Å². The van der Waals surface area contributed by atoms with E-state index in [9.17, 15) is 21.8 Å². The van der Waals surface area contributed by atoms with Gasteiger partial charge in [0.1, 0.15) is 23.1 Å². The minimum absolute atomic E-state index is 0.0957. The van der Waals surface area contributed by atoms with Crippen LogP contribution in [0, 0.1) is 12.7 Å². The summed E-state index contributed by atoms with van der Waals surface area (Å²) in [6, 6.07) is 8.81. The summed E-state index contributed by atoms with van der Waals surface area (Å²) in [6.07, 6.45) is -4.59. The van der Waals surface area contributed by atoms with E-state index in [1.54, 1.807) is 43.3 Å². The summed E-state index contributed by atoms with van der Waals surface area (Å²) in [5.41, 5.74) is 0.624. The number of halogens is 5. The normalized spacial score (nSPS) is 13.6. The van der Waals surface area contributed by atoms with Gasteiger partial charge in [0.2, 0.25) is 0 Å². The summed E-state index contributed by atoms with van der Waals surface area (Å²) >= 11 is 5.87. The van der Waals surface area contributed by atoms with Crippen molar-refractivity contribution in [1.29, 1.82) is 0 Å². The Morgan fingerprint density at radius 2 is 1.78 bits per heavy atom. The van der Waals surface area contributed by atoms with Crippen LogP contribution in [0.15, 0.2) is 46.3 Å². The van der Waals surface area contributed by atoms with Crippen LogP contribution in [0.3, 0.4) is 0 Å². The van der Waals surface area contributed by atoms with Crippen molar-refractivity contribution in [2.24, 2.45) is 4.99 Å². The van der Waals surface area contributed by atoms with E-state index in [0.717, 1.165) is 12.1 Å². The molecule has 0 radical (unpaired) electrons. The molecule has 0 aromatic heterocycles. The Labute approximate surface area is 162 Å². The standard InChI is InChI=1S/C18H17ClF4N2OS/c1-11-8-14(20)15(9-16(11)27(26)10-18(21,22)23)24-17(25(2)3)12-4-6-13(19)7-5-12/h4-9H,10H2,1-3H3. The molecule has 1 unspecified atom stereocenters. The maximum Gasteiger partial charge on any atom is 0.400 e. The number of rotatable bonds is 4. The number of alkyl halides is 3. The summed E-state index contributed by atoms with van der Waals surface area (Å²) in [7, 11) is 1.05. The molecule has 0 saturated heterocycles. The van der Waals surface area contributed by atoms with Gasteiger partial charge in [0.15, 0.2) is 0 Å². The van der Waals surface area contributed by atoms with Gasteiger partial charge in [0.05, 0.1) is 10.8 Å². The molecule has 0 N–H and O–H groups in total. The molecule has 27 heavy (non-hydrogen) atoms. The van der Waals surface area contributed by atoms with Gasteiger partial charge in [-0.25, -0.2) is 9.38 Å². The first-order chi connectivity index (χ1) is 12.5. The highest BCUT2D eigenvalue weighted by atomic mass is 35.5. The van der Waals surface area contributed by atoms with Crippen molar-refractivity contribution in [1.82, 2.24) is 4.90 Å². The Morgan fingerprint density at radius 3 is 2.30 bits per heavy atom. The fourth-order valence-electron chi connectivity index (χ4n) is 2.34. The lowest BCUT2D eigenvalue weighted by atomic mass is 10.2. The van der Waals surface area contributed by atoms with Gasteiger partial charge in [-0.15, -0.1) is 0 Å². The molecule has 0 aliphatic carbocycles. The topological polar surface area (TPSA) is 32.7 Å². The first kappa shape index (κ1) is 21.4. The second-order valence-electron chi connectivity index (χ2n) is 6.01. The highest BCUT2D eigenvalue weighted by Gasteiger charge is 2.31. The molecule has 2 rings (SSSR count). The van der Waals surface area contributed by atoms with Crippen molar-refractivity contribution in [3.63, 3.8) is 0 Å². The van der Waals surface area contributed by atoms with Crippen LogP contribution < -0.4 is 0 Å². The molecule has 0 heterocycles. The quantitative estimate of drug-likeness (QED) is 0.392. The van der Waals surface area contributed by atoms with E-state index in [2.05, 4.69) is 4.99 Å². The van der Waals surface area contributed by atoms with Gasteiger partial charge in [-0.1, -0.05) is 11.6 Å². The smallest absolute Gasteiger partial charge is 0.362 e. The fourth-order valence-corrected chi connectivity index (χ4v) is 3.58. The molecule has 0 bridgehead atoms. The number of hydrogen-bond acceptors (Lipinski definition) is 2. The highest BCUT2D eigenvalue weighted by Crippen LogP contribution is 2.28. The van der Waals surface area contributed by atoms with Crippen molar-refractivity contribution in [3.8, 4) is 0 Å². The van der Waals surface area contributed by atoms with Crippen LogP contribution in [0.1, 0.15) is 11.1 Å². The van der Waals surface area contributed by atoms with E-state index in [0.29, 0.717) is 16.4 Å². The van der Waals surface area contributed by atoms with Crippen molar-refractivity contribution < 1.29 is 21.8 Å². The minimum atomic E-state index is -4.59. The lowest BCUT2D eigenvalue weighted by Gasteiger charge is -2.17. The molecule has 1 atom stereocenters. The molecule has 0 aliphatic heterocycles. The zero-order valence-electron chi connectivity index (χ0n) is 14.8. The number of benzene rings is 2. The minimum Gasteiger partial charge on any atom is -0.362 e. The van der Waals surface area contributed by atoms with Crippen molar-refractivity contribution in [2.75, 3.05) is 19.8 Å². The highest BCUT2D eigenvalue weighted by molar-refractivity contribution is 7.85. The molecule has 3 nitrogen and oxygen atoms in total. The molecule has 0 saturated carbocycles. The van der Waals surface area contributed by atoms with Gasteiger partial charge < -0.3 is 4.90 Å². The van der Waals surface area contributed by atoms with Gasteiger partial charge >= 0.3 is 6.18 Å². The predicted molar refractivity (Wildman–Crippen MR) is 99.8 cm³/mol. The Balaban J connectivity index is 2.52. The molecule has 0 spiro atoms. The number of aryl methyl sites for hydroxylation is 1. The first-order valence-electron chi connectivity index (χ1n) is 7.75. The van der Waals surface area contributed by atoms with Crippen LogP contribution in [0.25, 0.3) is 0 Å². The lowest BCUT2D eigenvalue weighted by molar-refractivity contribution is -0.105. The van der Waals surface area contributed by atoms with Crippen molar-refractivity contribution in [2.45, 2.75) is 18.0 Å². The molecule has 0 fully saturated rings. The van der Waals surface area contributed by atoms with Crippen molar-refractivity contribution >= 4 is 33.9 Å². The average molecular weight is 421 g/mol. The summed E-state index contributed by atoms with van der Waals surface area (Å²) in [5.74, 6) is -1.84. The Kier molecular flexibility index (Phi) is 6.64. The maximum atomic E-state index is 14.4. The van der Waals surface area contributed by atoms with E-state index in [1.165, 1.54) is 6.92 Å². The molecule has 146 valence electrons. The third-order valence-electron chi connectivity index (χ3n) is 3.54. The predicted octanol–water partition coefficient (Wildman–Crippen LogP) is 5.10. The summed E-state index contributed by atoms with van der Waals surface area (Å²) in [5, 5.41) is 0.517. The first-order valence-corrected chi connectivity index (χ1v) is 9.45. The molecule has 9 heteroatoms. The van der Waals surface area contributed by atoms with Crippen LogP contribution in [0.5, 0.6) is 0 Å². The van der Waals surface area contributed by atoms with Crippen LogP contribution in [0.4, 0.5) is 23.2 Å². The summed E-state index contributed by atoms with van der Waals surface area (Å²) < 4.78 is 64.1. The zero-order valence-corrected chi connectivity index (χ0v) is 16.3. The van der Waals surface area contributed by atoms with Crippen LogP contribution >= 0.6 is 11.6 Å². The summed E-state index contributed by atoms with van der Waals surface area (Å²) in [6.45, 7) is 1.41. The molecule has 0 amide bonds. The van der Waals surface area contributed by atoms with Gasteiger partial charge in [0.25, 0.3) is 0 Å². The third kappa shape index (κ3) is 5.77. The monoisotopic (exact) mass is 420 g/mol. The van der Waals surface area contributed by atoms with Gasteiger partial charge in [-0.2, -0.15) is 13.2 Å². The lowest BCUT2D eigenvalue weighted by Crippen LogP contribution is -2.23. The second kappa shape index (κ2) is 8.39. The number of aliphatic imine (C=N–C) groups is 1. The molecular weight excluding hydrogens is 404 g/mol. The molecule has 2 aromatic carbocycles. The van der Waals surface area contributed by atoms with E-state index >= 15 is 0 Å². The molecule has 2 aromatic rings. The Morgan fingerprint density at radius 1 is 1.19 bits per heavy atom. The molecule has 0 aliphatic rings.